The van der Waals surface area contributed by atoms with Crippen LogP contribution in [0.15, 0.2) is 65.2 Å². The highest BCUT2D eigenvalue weighted by molar-refractivity contribution is 9.10. The number of carbonyl (C=O) groups excluding carboxylic acids is 2. The Hall–Kier alpha value is -2.90. The molecule has 1 fully saturated rings. The fourth-order valence-electron chi connectivity index (χ4n) is 4.18. The Balaban J connectivity index is 2.08. The van der Waals surface area contributed by atoms with E-state index < -0.39 is 17.7 Å². The van der Waals surface area contributed by atoms with Crippen LogP contribution in [0.3, 0.4) is 0 Å². The van der Waals surface area contributed by atoms with Gasteiger partial charge in [-0.1, -0.05) is 54.6 Å². The molecule has 1 aliphatic heterocycles. The lowest BCUT2D eigenvalue weighted by Gasteiger charge is -2.28. The molecule has 0 bridgehead atoms. The maximum absolute atomic E-state index is 13.2. The van der Waals surface area contributed by atoms with Crippen molar-refractivity contribution >= 4 is 33.4 Å². The van der Waals surface area contributed by atoms with Gasteiger partial charge in [-0.05, 0) is 61.5 Å². The number of Topliss-reactive ketones (excluding diaryl/α,β-unsaturated/α-hetero) is 1. The van der Waals surface area contributed by atoms with E-state index in [2.05, 4.69) is 41.3 Å². The van der Waals surface area contributed by atoms with Crippen molar-refractivity contribution in [1.29, 1.82) is 0 Å². The molecular weight excluding hydrogens is 496 g/mol. The number of aliphatic hydroxyl groups excluding tert-OH is 1. The quantitative estimate of drug-likeness (QED) is 0.202. The van der Waals surface area contributed by atoms with Gasteiger partial charge >= 0.3 is 0 Å². The molecule has 1 amide bonds. The van der Waals surface area contributed by atoms with Gasteiger partial charge in [0.1, 0.15) is 18.1 Å². The fraction of sp³-hybridized carbons (Fsp3) is 0.333. The molecule has 2 aromatic rings. The molecule has 1 saturated heterocycles. The summed E-state index contributed by atoms with van der Waals surface area (Å²) in [4.78, 5) is 30.1. The number of nitrogens with zero attached hydrogens (tertiary/aromatic N) is 2. The van der Waals surface area contributed by atoms with Crippen LogP contribution in [-0.2, 0) is 9.59 Å². The Kier molecular flexibility index (Phi) is 8.69. The predicted molar refractivity (Wildman–Crippen MR) is 138 cm³/mol. The first kappa shape index (κ1) is 25.7. The smallest absolute Gasteiger partial charge is 0.295 e. The fourth-order valence-corrected chi connectivity index (χ4v) is 4.45. The zero-order valence-electron chi connectivity index (χ0n) is 19.9. The number of halogens is 1. The van der Waals surface area contributed by atoms with Gasteiger partial charge in [0.25, 0.3) is 11.7 Å². The lowest BCUT2D eigenvalue weighted by atomic mass is 9.94. The molecule has 0 aliphatic carbocycles. The molecule has 3 rings (SSSR count). The van der Waals surface area contributed by atoms with E-state index in [-0.39, 0.29) is 11.3 Å². The summed E-state index contributed by atoms with van der Waals surface area (Å²) < 4.78 is 6.47. The molecule has 1 atom stereocenters. The van der Waals surface area contributed by atoms with Gasteiger partial charge in [-0.2, -0.15) is 0 Å². The molecule has 1 heterocycles. The monoisotopic (exact) mass is 526 g/mol. The van der Waals surface area contributed by atoms with Crippen molar-refractivity contribution in [2.75, 3.05) is 32.8 Å². The number of hydrogen-bond acceptors (Lipinski definition) is 5. The van der Waals surface area contributed by atoms with E-state index in [9.17, 15) is 14.7 Å². The molecular formula is C27H31BrN2O4. The molecule has 0 saturated carbocycles. The van der Waals surface area contributed by atoms with Gasteiger partial charge in [0.2, 0.25) is 0 Å². The zero-order chi connectivity index (χ0) is 24.8. The van der Waals surface area contributed by atoms with E-state index >= 15 is 0 Å². The van der Waals surface area contributed by atoms with Gasteiger partial charge in [0.05, 0.1) is 11.6 Å². The van der Waals surface area contributed by atoms with Crippen molar-refractivity contribution in [2.45, 2.75) is 26.8 Å². The van der Waals surface area contributed by atoms with Crippen LogP contribution < -0.4 is 4.74 Å². The second-order valence-corrected chi connectivity index (χ2v) is 9.06. The number of aliphatic hydroxyl groups is 1. The van der Waals surface area contributed by atoms with E-state index in [1.807, 2.05) is 31.2 Å². The summed E-state index contributed by atoms with van der Waals surface area (Å²) in [5.41, 5.74) is 2.11. The van der Waals surface area contributed by atoms with Gasteiger partial charge in [-0.25, -0.2) is 0 Å². The van der Waals surface area contributed by atoms with Crippen LogP contribution in [0, 0.1) is 6.92 Å². The van der Waals surface area contributed by atoms with E-state index in [1.165, 1.54) is 0 Å². The van der Waals surface area contributed by atoms with E-state index in [0.717, 1.165) is 28.7 Å². The molecule has 180 valence electrons. The third-order valence-corrected chi connectivity index (χ3v) is 6.63. The number of hydrogen-bond donors (Lipinski definition) is 1. The lowest BCUT2D eigenvalue weighted by Crippen LogP contribution is -2.38. The van der Waals surface area contributed by atoms with Crippen LogP contribution >= 0.6 is 15.9 Å². The second-order valence-electron chi connectivity index (χ2n) is 8.15. The summed E-state index contributed by atoms with van der Waals surface area (Å²) in [6, 6.07) is 12.1. The van der Waals surface area contributed by atoms with Gasteiger partial charge in [-0.15, -0.1) is 0 Å². The number of benzene rings is 2. The zero-order valence-corrected chi connectivity index (χ0v) is 21.5. The largest absolute Gasteiger partial charge is 0.507 e. The molecule has 7 heteroatoms. The van der Waals surface area contributed by atoms with Crippen molar-refractivity contribution < 1.29 is 19.4 Å². The van der Waals surface area contributed by atoms with Gasteiger partial charge in [0.15, 0.2) is 0 Å². The highest BCUT2D eigenvalue weighted by atomic mass is 79.9. The topological polar surface area (TPSA) is 70.1 Å². The van der Waals surface area contributed by atoms with Crippen molar-refractivity contribution in [3.8, 4) is 5.75 Å². The third kappa shape index (κ3) is 5.42. The Bertz CT molecular complexity index is 1090. The number of amides is 1. The average molecular weight is 527 g/mol. The van der Waals surface area contributed by atoms with Crippen molar-refractivity contribution in [1.82, 2.24) is 9.80 Å². The van der Waals surface area contributed by atoms with Crippen LogP contribution in [0.2, 0.25) is 0 Å². The van der Waals surface area contributed by atoms with Crippen molar-refractivity contribution in [3.63, 3.8) is 0 Å². The van der Waals surface area contributed by atoms with Crippen LogP contribution in [0.5, 0.6) is 5.75 Å². The van der Waals surface area contributed by atoms with Gasteiger partial charge in [-0.3, -0.25) is 9.59 Å². The SMILES string of the molecule is C=CCOc1ccc(C(O)=C2C(=O)C(=O)N(CCN(CC)CC)C2c2ccc(Br)cc2)c(C)c1. The first-order chi connectivity index (χ1) is 16.3. The number of ether oxygens (including phenoxy) is 1. The lowest BCUT2D eigenvalue weighted by molar-refractivity contribution is -0.140. The minimum Gasteiger partial charge on any atom is -0.507 e. The highest BCUT2D eigenvalue weighted by Gasteiger charge is 2.46. The summed E-state index contributed by atoms with van der Waals surface area (Å²) in [6.45, 7) is 12.7. The Labute approximate surface area is 209 Å². The molecule has 0 aromatic heterocycles. The summed E-state index contributed by atoms with van der Waals surface area (Å²) in [7, 11) is 0. The van der Waals surface area contributed by atoms with Crippen LogP contribution in [0.25, 0.3) is 5.76 Å². The Morgan fingerprint density at radius 1 is 1.18 bits per heavy atom. The Morgan fingerprint density at radius 2 is 1.85 bits per heavy atom. The molecule has 1 aliphatic rings. The summed E-state index contributed by atoms with van der Waals surface area (Å²) >= 11 is 3.44. The van der Waals surface area contributed by atoms with Gasteiger partial charge < -0.3 is 19.6 Å². The number of carbonyl (C=O) groups is 2. The molecule has 0 spiro atoms. The number of rotatable bonds is 10. The van der Waals surface area contributed by atoms with Crippen LogP contribution in [-0.4, -0.2) is 59.4 Å². The summed E-state index contributed by atoms with van der Waals surface area (Å²) in [6.07, 6.45) is 1.65. The molecule has 1 N–H and O–H groups in total. The number of ketones is 1. The average Bonchev–Trinajstić information content (AvgIpc) is 3.08. The molecule has 0 radical (unpaired) electrons. The van der Waals surface area contributed by atoms with Crippen molar-refractivity contribution in [3.05, 3.63) is 81.9 Å². The summed E-state index contributed by atoms with van der Waals surface area (Å²) in [5.74, 6) is -0.802. The van der Waals surface area contributed by atoms with Crippen LogP contribution in [0.4, 0.5) is 0 Å². The Morgan fingerprint density at radius 3 is 2.44 bits per heavy atom. The first-order valence-electron chi connectivity index (χ1n) is 11.4. The minimum atomic E-state index is -0.670. The predicted octanol–water partition coefficient (Wildman–Crippen LogP) is 5.09. The van der Waals surface area contributed by atoms with Crippen molar-refractivity contribution in [2.24, 2.45) is 0 Å². The summed E-state index contributed by atoms with van der Waals surface area (Å²) in [5, 5.41) is 11.3. The van der Waals surface area contributed by atoms with E-state index in [0.29, 0.717) is 31.0 Å². The second kappa shape index (κ2) is 11.5. The normalized spacial score (nSPS) is 17.4. The molecule has 6 nitrogen and oxygen atoms in total. The molecule has 34 heavy (non-hydrogen) atoms. The number of aryl methyl sites for hydroxylation is 1. The van der Waals surface area contributed by atoms with E-state index in [1.54, 1.807) is 29.2 Å². The first-order valence-corrected chi connectivity index (χ1v) is 12.2. The van der Waals surface area contributed by atoms with Crippen LogP contribution in [0.1, 0.15) is 36.6 Å². The van der Waals surface area contributed by atoms with Gasteiger partial charge in [0, 0.05) is 23.1 Å². The maximum Gasteiger partial charge on any atom is 0.295 e. The number of likely N-dealkylation sites (tertiary alicyclic amines) is 1. The number of likely N-dealkylation sites (N-methyl/N-ethyl adjacent to an activating group) is 1. The van der Waals surface area contributed by atoms with E-state index in [4.69, 9.17) is 4.74 Å². The third-order valence-electron chi connectivity index (χ3n) is 6.10. The maximum atomic E-state index is 13.2. The standard InChI is InChI=1S/C27H31BrN2O4/c1-5-16-34-21-12-13-22(18(4)17-21)25(31)23-24(19-8-10-20(28)11-9-19)30(27(33)26(23)32)15-14-29(6-2)7-3/h5,8-13,17,24,31H,1,6-7,14-16H2,2-4H3. The highest BCUT2D eigenvalue weighted by Crippen LogP contribution is 2.40. The molecule has 1 unspecified atom stereocenters. The molecule has 2 aromatic carbocycles. The minimum absolute atomic E-state index is 0.106.